The van der Waals surface area contributed by atoms with Crippen LogP contribution in [0.2, 0.25) is 0 Å². The molecule has 1 heterocycles. The predicted molar refractivity (Wildman–Crippen MR) is 87.7 cm³/mol. The van der Waals surface area contributed by atoms with Gasteiger partial charge in [0.25, 0.3) is 0 Å². The second-order valence-electron chi connectivity index (χ2n) is 4.91. The highest BCUT2D eigenvalue weighted by Crippen LogP contribution is 2.22. The first-order valence-corrected chi connectivity index (χ1v) is 7.39. The number of carbonyl (C=O) groups excluding carboxylic acids is 1. The molecular formula is C17H21N3O3. The van der Waals surface area contributed by atoms with Crippen molar-refractivity contribution in [3.63, 3.8) is 0 Å². The van der Waals surface area contributed by atoms with Crippen molar-refractivity contribution in [2.75, 3.05) is 20.7 Å². The van der Waals surface area contributed by atoms with Crippen molar-refractivity contribution in [2.45, 2.75) is 13.0 Å². The lowest BCUT2D eigenvalue weighted by molar-refractivity contribution is -0.121. The van der Waals surface area contributed by atoms with E-state index in [-0.39, 0.29) is 5.91 Å². The predicted octanol–water partition coefficient (Wildman–Crippen LogP) is 2.11. The molecule has 122 valence electrons. The number of hydrogen-bond donors (Lipinski definition) is 2. The Hall–Kier alpha value is -2.60. The molecule has 0 fully saturated rings. The Balaban J connectivity index is 1.92. The average molecular weight is 315 g/mol. The first kappa shape index (κ1) is 16.8. The van der Waals surface area contributed by atoms with Crippen molar-refractivity contribution >= 4 is 5.91 Å². The Morgan fingerprint density at radius 2 is 1.91 bits per heavy atom. The van der Waals surface area contributed by atoms with Crippen LogP contribution >= 0.6 is 0 Å². The van der Waals surface area contributed by atoms with Crippen LogP contribution in [0.15, 0.2) is 42.6 Å². The van der Waals surface area contributed by atoms with Crippen LogP contribution in [0.3, 0.4) is 0 Å². The van der Waals surface area contributed by atoms with Gasteiger partial charge in [-0.25, -0.2) is 4.98 Å². The molecule has 6 heteroatoms. The lowest BCUT2D eigenvalue weighted by Crippen LogP contribution is -2.26. The third-order valence-electron chi connectivity index (χ3n) is 3.17. The number of rotatable bonds is 8. The molecular weight excluding hydrogens is 294 g/mol. The average Bonchev–Trinajstić information content (AvgIpc) is 2.59. The molecule has 0 unspecified atom stereocenters. The number of aromatic nitrogens is 1. The van der Waals surface area contributed by atoms with Gasteiger partial charge in [0.2, 0.25) is 11.8 Å². The fraction of sp³-hybridized carbons (Fsp3) is 0.294. The lowest BCUT2D eigenvalue weighted by atomic mass is 10.2. The van der Waals surface area contributed by atoms with E-state index in [0.717, 1.165) is 11.3 Å². The van der Waals surface area contributed by atoms with Gasteiger partial charge in [-0.3, -0.25) is 4.79 Å². The van der Waals surface area contributed by atoms with Crippen molar-refractivity contribution in [3.8, 4) is 17.4 Å². The number of benzene rings is 1. The smallest absolute Gasteiger partial charge is 0.221 e. The topological polar surface area (TPSA) is 72.5 Å². The number of pyridine rings is 1. The number of nitrogens with one attached hydrogen (secondary N) is 2. The molecule has 0 saturated carbocycles. The molecule has 23 heavy (non-hydrogen) atoms. The highest BCUT2D eigenvalue weighted by atomic mass is 16.5. The number of amides is 1. The van der Waals surface area contributed by atoms with Crippen molar-refractivity contribution in [1.29, 1.82) is 0 Å². The second-order valence-corrected chi connectivity index (χ2v) is 4.91. The molecule has 0 bridgehead atoms. The molecule has 1 aromatic heterocycles. The summed E-state index contributed by atoms with van der Waals surface area (Å²) in [5, 5.41) is 5.80. The minimum absolute atomic E-state index is 0.00813. The van der Waals surface area contributed by atoms with Crippen LogP contribution in [0, 0.1) is 0 Å². The summed E-state index contributed by atoms with van der Waals surface area (Å²) in [5.74, 6) is 1.93. The van der Waals surface area contributed by atoms with E-state index in [1.54, 1.807) is 13.3 Å². The van der Waals surface area contributed by atoms with Crippen LogP contribution in [0.4, 0.5) is 0 Å². The van der Waals surface area contributed by atoms with Gasteiger partial charge in [-0.1, -0.05) is 0 Å². The minimum atomic E-state index is 0.00813. The zero-order valence-corrected chi connectivity index (χ0v) is 13.3. The van der Waals surface area contributed by atoms with Gasteiger partial charge >= 0.3 is 0 Å². The molecule has 2 rings (SSSR count). The van der Waals surface area contributed by atoms with Gasteiger partial charge in [-0.15, -0.1) is 0 Å². The first-order chi connectivity index (χ1) is 11.2. The highest BCUT2D eigenvalue weighted by Gasteiger charge is 2.04. The van der Waals surface area contributed by atoms with Crippen molar-refractivity contribution < 1.29 is 14.3 Å². The largest absolute Gasteiger partial charge is 0.497 e. The molecule has 0 atom stereocenters. The summed E-state index contributed by atoms with van der Waals surface area (Å²) in [6, 6.07) is 10.9. The van der Waals surface area contributed by atoms with Gasteiger partial charge in [-0.05, 0) is 42.9 Å². The van der Waals surface area contributed by atoms with E-state index in [9.17, 15) is 4.79 Å². The van der Waals surface area contributed by atoms with Crippen LogP contribution in [-0.2, 0) is 11.3 Å². The van der Waals surface area contributed by atoms with E-state index in [2.05, 4.69) is 15.6 Å². The molecule has 1 aromatic carbocycles. The van der Waals surface area contributed by atoms with E-state index < -0.39 is 0 Å². The Labute approximate surface area is 135 Å². The third kappa shape index (κ3) is 5.60. The van der Waals surface area contributed by atoms with Gasteiger partial charge in [0, 0.05) is 31.8 Å². The zero-order chi connectivity index (χ0) is 16.5. The summed E-state index contributed by atoms with van der Waals surface area (Å²) >= 11 is 0. The third-order valence-corrected chi connectivity index (χ3v) is 3.17. The summed E-state index contributed by atoms with van der Waals surface area (Å²) < 4.78 is 10.8. The van der Waals surface area contributed by atoms with E-state index in [0.29, 0.717) is 31.1 Å². The van der Waals surface area contributed by atoms with Crippen molar-refractivity contribution in [2.24, 2.45) is 0 Å². The van der Waals surface area contributed by atoms with Gasteiger partial charge < -0.3 is 20.1 Å². The second kappa shape index (κ2) is 8.75. The Kier molecular flexibility index (Phi) is 6.38. The maximum Gasteiger partial charge on any atom is 0.221 e. The Morgan fingerprint density at radius 1 is 1.17 bits per heavy atom. The van der Waals surface area contributed by atoms with Crippen LogP contribution in [0.5, 0.6) is 17.4 Å². The Bertz CT molecular complexity index is 629. The molecule has 2 aromatic rings. The van der Waals surface area contributed by atoms with Crippen molar-refractivity contribution in [3.05, 3.63) is 48.2 Å². The summed E-state index contributed by atoms with van der Waals surface area (Å²) in [6.45, 7) is 1.11. The van der Waals surface area contributed by atoms with Gasteiger partial charge in [0.05, 0.1) is 7.11 Å². The molecule has 2 N–H and O–H groups in total. The maximum atomic E-state index is 11.6. The van der Waals surface area contributed by atoms with Crippen LogP contribution in [0.25, 0.3) is 0 Å². The number of methoxy groups -OCH3 is 1. The van der Waals surface area contributed by atoms with Crippen LogP contribution < -0.4 is 20.1 Å². The number of nitrogens with zero attached hydrogens (tertiary/aromatic N) is 1. The fourth-order valence-electron chi connectivity index (χ4n) is 1.91. The van der Waals surface area contributed by atoms with Gasteiger partial charge in [0.1, 0.15) is 11.5 Å². The quantitative estimate of drug-likeness (QED) is 0.780. The SMILES string of the molecule is CNCCC(=O)NCc1ccnc(Oc2ccc(OC)cc2)c1. The molecule has 0 radical (unpaired) electrons. The zero-order valence-electron chi connectivity index (χ0n) is 13.3. The molecule has 6 nitrogen and oxygen atoms in total. The minimum Gasteiger partial charge on any atom is -0.497 e. The van der Waals surface area contributed by atoms with E-state index in [1.807, 2.05) is 43.4 Å². The standard InChI is InChI=1S/C17H21N3O3/c1-18-9-8-16(21)20-12-13-7-10-19-17(11-13)23-15-5-3-14(22-2)4-6-15/h3-7,10-11,18H,8-9,12H2,1-2H3,(H,20,21). The lowest BCUT2D eigenvalue weighted by Gasteiger charge is -2.08. The Morgan fingerprint density at radius 3 is 2.61 bits per heavy atom. The molecule has 0 spiro atoms. The number of carbonyl (C=O) groups is 1. The summed E-state index contributed by atoms with van der Waals surface area (Å²) in [4.78, 5) is 15.8. The fourth-order valence-corrected chi connectivity index (χ4v) is 1.91. The molecule has 0 aliphatic carbocycles. The van der Waals surface area contributed by atoms with E-state index >= 15 is 0 Å². The maximum absolute atomic E-state index is 11.6. The van der Waals surface area contributed by atoms with E-state index in [1.165, 1.54) is 0 Å². The summed E-state index contributed by atoms with van der Waals surface area (Å²) in [6.07, 6.45) is 2.12. The number of ether oxygens (including phenoxy) is 2. The number of hydrogen-bond acceptors (Lipinski definition) is 5. The highest BCUT2D eigenvalue weighted by molar-refractivity contribution is 5.76. The van der Waals surface area contributed by atoms with E-state index in [4.69, 9.17) is 9.47 Å². The van der Waals surface area contributed by atoms with Crippen molar-refractivity contribution in [1.82, 2.24) is 15.6 Å². The summed E-state index contributed by atoms with van der Waals surface area (Å²) in [7, 11) is 3.44. The van der Waals surface area contributed by atoms with Crippen LogP contribution in [0.1, 0.15) is 12.0 Å². The van der Waals surface area contributed by atoms with Crippen LogP contribution in [-0.4, -0.2) is 31.6 Å². The molecule has 0 aliphatic heterocycles. The first-order valence-electron chi connectivity index (χ1n) is 7.39. The van der Waals surface area contributed by atoms with Gasteiger partial charge in [-0.2, -0.15) is 0 Å². The molecule has 0 saturated heterocycles. The monoisotopic (exact) mass is 315 g/mol. The summed E-state index contributed by atoms with van der Waals surface area (Å²) in [5.41, 5.74) is 0.932. The van der Waals surface area contributed by atoms with Gasteiger partial charge in [0.15, 0.2) is 0 Å². The normalized spacial score (nSPS) is 10.2. The molecule has 0 aliphatic rings. The molecule has 1 amide bonds.